The van der Waals surface area contributed by atoms with Crippen LogP contribution in [0.3, 0.4) is 0 Å². The molecule has 9 atom stereocenters. The second-order valence-electron chi connectivity index (χ2n) is 12.1. The molecule has 1 saturated heterocycles. The van der Waals surface area contributed by atoms with Crippen molar-refractivity contribution >= 4 is 17.9 Å². The number of rotatable bonds is 3. The molecule has 0 spiro atoms. The average molecular weight is 465 g/mol. The highest BCUT2D eigenvalue weighted by molar-refractivity contribution is 5.67. The number of hydrogen-bond acceptors (Lipinski definition) is 7. The van der Waals surface area contributed by atoms with E-state index in [9.17, 15) is 14.4 Å². The summed E-state index contributed by atoms with van der Waals surface area (Å²) in [5.41, 5.74) is 0.136. The van der Waals surface area contributed by atoms with Gasteiger partial charge in [-0.2, -0.15) is 0 Å². The third-order valence-corrected chi connectivity index (χ3v) is 9.67. The molecule has 0 aromatic heterocycles. The molecule has 0 amide bonds. The molecular formula is C26H40O7. The lowest BCUT2D eigenvalue weighted by atomic mass is 9.38. The monoisotopic (exact) mass is 464 g/mol. The Labute approximate surface area is 197 Å². The van der Waals surface area contributed by atoms with Crippen molar-refractivity contribution in [1.82, 2.24) is 0 Å². The third-order valence-electron chi connectivity index (χ3n) is 9.67. The zero-order chi connectivity index (χ0) is 24.3. The van der Waals surface area contributed by atoms with Gasteiger partial charge < -0.3 is 18.9 Å². The second-order valence-corrected chi connectivity index (χ2v) is 12.1. The van der Waals surface area contributed by atoms with Crippen molar-refractivity contribution in [2.45, 2.75) is 106 Å². The van der Waals surface area contributed by atoms with E-state index < -0.39 is 30.6 Å². The van der Waals surface area contributed by atoms with Crippen LogP contribution in [0.2, 0.25) is 0 Å². The lowest BCUT2D eigenvalue weighted by Crippen LogP contribution is -2.63. The lowest BCUT2D eigenvalue weighted by molar-refractivity contribution is -0.228. The fourth-order valence-corrected chi connectivity index (χ4v) is 8.70. The van der Waals surface area contributed by atoms with E-state index in [-0.39, 0.29) is 40.0 Å². The molecule has 0 radical (unpaired) electrons. The second kappa shape index (κ2) is 8.24. The first kappa shape index (κ1) is 24.5. The molecule has 0 aromatic rings. The highest BCUT2D eigenvalue weighted by atomic mass is 16.8. The molecule has 4 rings (SSSR count). The Morgan fingerprint density at radius 2 is 1.36 bits per heavy atom. The Hall–Kier alpha value is -1.63. The summed E-state index contributed by atoms with van der Waals surface area (Å²) in [5.74, 6) is -1.02. The van der Waals surface area contributed by atoms with Gasteiger partial charge in [-0.05, 0) is 60.2 Å². The summed E-state index contributed by atoms with van der Waals surface area (Å²) in [7, 11) is 0. The van der Waals surface area contributed by atoms with Gasteiger partial charge in [0.25, 0.3) is 0 Å². The minimum atomic E-state index is -0.910. The Balaban J connectivity index is 1.80. The minimum Gasteiger partial charge on any atom is -0.462 e. The molecule has 1 aliphatic heterocycles. The quantitative estimate of drug-likeness (QED) is 0.445. The molecule has 7 heteroatoms. The average Bonchev–Trinajstić information content (AvgIpc) is 3.00. The summed E-state index contributed by atoms with van der Waals surface area (Å²) < 4.78 is 23.2. The normalized spacial score (nSPS) is 45.7. The smallest absolute Gasteiger partial charge is 0.304 e. The highest BCUT2D eigenvalue weighted by Crippen LogP contribution is 2.71. The molecule has 3 saturated carbocycles. The number of esters is 3. The molecule has 186 valence electrons. The molecule has 1 heterocycles. The summed E-state index contributed by atoms with van der Waals surface area (Å²) in [4.78, 5) is 36.0. The van der Waals surface area contributed by atoms with Gasteiger partial charge in [-0.3, -0.25) is 14.4 Å². The van der Waals surface area contributed by atoms with E-state index >= 15 is 0 Å². The predicted molar refractivity (Wildman–Crippen MR) is 119 cm³/mol. The summed E-state index contributed by atoms with van der Waals surface area (Å²) >= 11 is 0. The van der Waals surface area contributed by atoms with Gasteiger partial charge in [0.2, 0.25) is 12.6 Å². The van der Waals surface area contributed by atoms with Crippen molar-refractivity contribution in [3.8, 4) is 0 Å². The van der Waals surface area contributed by atoms with Crippen LogP contribution in [-0.4, -0.2) is 36.6 Å². The van der Waals surface area contributed by atoms with Crippen molar-refractivity contribution in [3.63, 3.8) is 0 Å². The van der Waals surface area contributed by atoms with Crippen LogP contribution >= 0.6 is 0 Å². The Bertz CT molecular complexity index is 821. The van der Waals surface area contributed by atoms with E-state index in [4.69, 9.17) is 18.9 Å². The lowest BCUT2D eigenvalue weighted by Gasteiger charge is -2.66. The van der Waals surface area contributed by atoms with Gasteiger partial charge >= 0.3 is 17.9 Å². The fourth-order valence-electron chi connectivity index (χ4n) is 8.70. The maximum atomic E-state index is 12.1. The molecular weight excluding hydrogens is 424 g/mol. The van der Waals surface area contributed by atoms with Gasteiger partial charge in [0.1, 0.15) is 6.10 Å². The van der Waals surface area contributed by atoms with Crippen LogP contribution in [0.1, 0.15) is 87.0 Å². The molecule has 4 fully saturated rings. The molecule has 9 unspecified atom stereocenters. The topological polar surface area (TPSA) is 88.1 Å². The fraction of sp³-hybridized carbons (Fsp3) is 0.885. The van der Waals surface area contributed by atoms with E-state index in [1.165, 1.54) is 33.6 Å². The maximum Gasteiger partial charge on any atom is 0.304 e. The van der Waals surface area contributed by atoms with E-state index in [1.807, 2.05) is 0 Å². The van der Waals surface area contributed by atoms with E-state index in [0.717, 1.165) is 19.3 Å². The van der Waals surface area contributed by atoms with Crippen LogP contribution in [-0.2, 0) is 33.3 Å². The summed E-state index contributed by atoms with van der Waals surface area (Å²) in [6.07, 6.45) is 4.11. The van der Waals surface area contributed by atoms with Gasteiger partial charge in [-0.15, -0.1) is 0 Å². The van der Waals surface area contributed by atoms with Crippen LogP contribution < -0.4 is 0 Å². The first-order valence-electron chi connectivity index (χ1n) is 12.5. The maximum absolute atomic E-state index is 12.1. The number of ether oxygens (including phenoxy) is 4. The molecule has 4 aliphatic rings. The minimum absolute atomic E-state index is 0.0818. The number of fused-ring (bicyclic) bond motifs is 5. The first-order chi connectivity index (χ1) is 15.3. The van der Waals surface area contributed by atoms with Crippen molar-refractivity contribution in [2.24, 2.45) is 39.9 Å². The van der Waals surface area contributed by atoms with Crippen molar-refractivity contribution in [2.75, 3.05) is 0 Å². The van der Waals surface area contributed by atoms with Crippen LogP contribution in [0.25, 0.3) is 0 Å². The van der Waals surface area contributed by atoms with Crippen LogP contribution in [0.15, 0.2) is 0 Å². The highest BCUT2D eigenvalue weighted by Gasteiger charge is 2.70. The van der Waals surface area contributed by atoms with Crippen LogP contribution in [0.5, 0.6) is 0 Å². The van der Waals surface area contributed by atoms with Gasteiger partial charge in [0.05, 0.1) is 5.92 Å². The Morgan fingerprint density at radius 1 is 0.758 bits per heavy atom. The number of carbonyl (C=O) groups is 3. The Kier molecular flexibility index (Phi) is 6.12. The molecule has 7 nitrogen and oxygen atoms in total. The zero-order valence-electron chi connectivity index (χ0n) is 21.1. The molecule has 0 aromatic carbocycles. The standard InChI is InChI=1S/C26H40O7/c1-14(27)30-17-13-19-25(6)11-8-10-24(4,5)18(25)9-12-26(19,7)21-20(17)22(31-15(2)28)33-23(21)32-16(3)29/h17-23H,8-13H2,1-7H3. The summed E-state index contributed by atoms with van der Waals surface area (Å²) in [6.45, 7) is 13.6. The third kappa shape index (κ3) is 3.98. The van der Waals surface area contributed by atoms with Crippen molar-refractivity contribution < 1.29 is 33.3 Å². The number of hydrogen-bond donors (Lipinski definition) is 0. The van der Waals surface area contributed by atoms with E-state index in [0.29, 0.717) is 12.3 Å². The zero-order valence-corrected chi connectivity index (χ0v) is 21.1. The van der Waals surface area contributed by atoms with Gasteiger partial charge in [0, 0.05) is 26.7 Å². The predicted octanol–water partition coefficient (Wildman–Crippen LogP) is 4.61. The molecule has 3 aliphatic carbocycles. The summed E-state index contributed by atoms with van der Waals surface area (Å²) in [5, 5.41) is 0. The molecule has 0 N–H and O–H groups in total. The Morgan fingerprint density at radius 3 is 1.97 bits per heavy atom. The van der Waals surface area contributed by atoms with E-state index in [2.05, 4.69) is 27.7 Å². The molecule has 33 heavy (non-hydrogen) atoms. The van der Waals surface area contributed by atoms with Crippen molar-refractivity contribution in [3.05, 3.63) is 0 Å². The van der Waals surface area contributed by atoms with E-state index in [1.54, 1.807) is 0 Å². The van der Waals surface area contributed by atoms with Crippen LogP contribution in [0, 0.1) is 39.9 Å². The largest absolute Gasteiger partial charge is 0.462 e. The van der Waals surface area contributed by atoms with Crippen LogP contribution in [0.4, 0.5) is 0 Å². The number of carbonyl (C=O) groups excluding carboxylic acids is 3. The SMILES string of the molecule is CC(=O)OC1CC2C(C)(CCC3C(C)(C)CCCC32C)C2C(OC(C)=O)OC(OC(C)=O)C12. The summed E-state index contributed by atoms with van der Waals surface area (Å²) in [6, 6.07) is 0. The van der Waals surface area contributed by atoms with Gasteiger partial charge in [-0.25, -0.2) is 0 Å². The van der Waals surface area contributed by atoms with Crippen molar-refractivity contribution in [1.29, 1.82) is 0 Å². The first-order valence-corrected chi connectivity index (χ1v) is 12.5. The van der Waals surface area contributed by atoms with Gasteiger partial charge in [0.15, 0.2) is 0 Å². The molecule has 0 bridgehead atoms. The van der Waals surface area contributed by atoms with Gasteiger partial charge in [-0.1, -0.05) is 34.1 Å².